The van der Waals surface area contributed by atoms with Crippen LogP contribution in [-0.2, 0) is 20.7 Å². The van der Waals surface area contributed by atoms with Gasteiger partial charge in [-0.3, -0.25) is 0 Å². The summed E-state index contributed by atoms with van der Waals surface area (Å²) in [6.07, 6.45) is -0.0246. The van der Waals surface area contributed by atoms with Crippen molar-refractivity contribution in [2.45, 2.75) is 57.5 Å². The number of ether oxygens (including phenoxy) is 3. The molecule has 6 heteroatoms. The number of benzene rings is 1. The van der Waals surface area contributed by atoms with Crippen molar-refractivity contribution in [3.8, 4) is 5.75 Å². The number of hydrogen-bond donors (Lipinski definition) is 0. The lowest BCUT2D eigenvalue weighted by Crippen LogP contribution is -2.46. The molecule has 2 aromatic rings. The van der Waals surface area contributed by atoms with Crippen LogP contribution in [0.2, 0.25) is 0 Å². The molecular formula is C19H20O6. The Kier molecular flexibility index (Phi) is 3.28. The Hall–Kier alpha value is -2.34. The Labute approximate surface area is 144 Å². The van der Waals surface area contributed by atoms with Crippen LogP contribution in [0.15, 0.2) is 33.5 Å². The molecule has 3 heterocycles. The summed E-state index contributed by atoms with van der Waals surface area (Å²) in [6.45, 7) is 7.19. The molecule has 4 rings (SSSR count). The van der Waals surface area contributed by atoms with Gasteiger partial charge < -0.3 is 18.6 Å². The van der Waals surface area contributed by atoms with E-state index in [2.05, 4.69) is 0 Å². The second-order valence-corrected chi connectivity index (χ2v) is 7.39. The maximum Gasteiger partial charge on any atom is 0.341 e. The van der Waals surface area contributed by atoms with Crippen molar-refractivity contribution in [2.75, 3.05) is 0 Å². The quantitative estimate of drug-likeness (QED) is 0.484. The van der Waals surface area contributed by atoms with Gasteiger partial charge in [0.15, 0.2) is 5.60 Å². The molecule has 0 aliphatic carbocycles. The number of epoxide rings is 1. The molecule has 0 saturated carbocycles. The fraction of sp³-hybridized carbons (Fsp3) is 0.474. The molecule has 1 saturated heterocycles. The molecule has 2 aliphatic heterocycles. The molecule has 2 aliphatic rings. The normalized spacial score (nSPS) is 27.7. The minimum absolute atomic E-state index is 0.143. The molecule has 1 aromatic heterocycles. The standard InChI is InChI=1S/C19H20O6/c1-10-19(4,24-10)17(21)25-18(2,3)14-9-12-13(22-14)7-5-11-6-8-15(20)23-16(11)12/h5-8,10,14H,9H2,1-4H3. The van der Waals surface area contributed by atoms with E-state index in [1.807, 2.05) is 32.9 Å². The monoisotopic (exact) mass is 344 g/mol. The Bertz CT molecular complexity index is 927. The first-order valence-corrected chi connectivity index (χ1v) is 8.34. The van der Waals surface area contributed by atoms with E-state index in [1.165, 1.54) is 6.07 Å². The van der Waals surface area contributed by atoms with E-state index in [0.29, 0.717) is 17.8 Å². The van der Waals surface area contributed by atoms with Crippen LogP contribution in [0.3, 0.4) is 0 Å². The molecule has 0 N–H and O–H groups in total. The van der Waals surface area contributed by atoms with Crippen molar-refractivity contribution in [1.82, 2.24) is 0 Å². The lowest BCUT2D eigenvalue weighted by atomic mass is 9.95. The van der Waals surface area contributed by atoms with E-state index < -0.39 is 16.8 Å². The highest BCUT2D eigenvalue weighted by atomic mass is 16.7. The van der Waals surface area contributed by atoms with Gasteiger partial charge in [-0.2, -0.15) is 0 Å². The average molecular weight is 344 g/mol. The summed E-state index contributed by atoms with van der Waals surface area (Å²) in [5.74, 6) is 0.263. The van der Waals surface area contributed by atoms with Gasteiger partial charge in [0.05, 0.1) is 6.10 Å². The van der Waals surface area contributed by atoms with Gasteiger partial charge in [-0.05, 0) is 45.9 Å². The molecule has 1 fully saturated rings. The lowest BCUT2D eigenvalue weighted by Gasteiger charge is -2.31. The van der Waals surface area contributed by atoms with Gasteiger partial charge >= 0.3 is 11.6 Å². The Balaban J connectivity index is 1.60. The topological polar surface area (TPSA) is 78.3 Å². The summed E-state index contributed by atoms with van der Waals surface area (Å²) in [7, 11) is 0. The highest BCUT2D eigenvalue weighted by molar-refractivity contribution is 5.84. The van der Waals surface area contributed by atoms with Crippen molar-refractivity contribution in [3.05, 3.63) is 40.2 Å². The first-order chi connectivity index (χ1) is 11.7. The summed E-state index contributed by atoms with van der Waals surface area (Å²) in [5.41, 5.74) is -0.774. The second-order valence-electron chi connectivity index (χ2n) is 7.39. The first kappa shape index (κ1) is 16.1. The molecule has 0 radical (unpaired) electrons. The summed E-state index contributed by atoms with van der Waals surface area (Å²) in [6, 6.07) is 6.82. The van der Waals surface area contributed by atoms with Gasteiger partial charge in [0.2, 0.25) is 0 Å². The maximum atomic E-state index is 12.4. The molecule has 1 aromatic carbocycles. The minimum atomic E-state index is -0.873. The average Bonchev–Trinajstić information content (AvgIpc) is 2.97. The van der Waals surface area contributed by atoms with E-state index in [1.54, 1.807) is 13.0 Å². The lowest BCUT2D eigenvalue weighted by molar-refractivity contribution is -0.170. The fourth-order valence-corrected chi connectivity index (χ4v) is 3.20. The van der Waals surface area contributed by atoms with E-state index in [4.69, 9.17) is 18.6 Å². The van der Waals surface area contributed by atoms with E-state index >= 15 is 0 Å². The summed E-state index contributed by atoms with van der Waals surface area (Å²) in [5, 5.41) is 0.838. The number of fused-ring (bicyclic) bond motifs is 3. The number of carbonyl (C=O) groups excluding carboxylic acids is 1. The van der Waals surface area contributed by atoms with Crippen molar-refractivity contribution < 1.29 is 23.4 Å². The molecule has 3 unspecified atom stereocenters. The Morgan fingerprint density at radius 2 is 1.96 bits per heavy atom. The van der Waals surface area contributed by atoms with Crippen LogP contribution in [0, 0.1) is 0 Å². The Morgan fingerprint density at radius 3 is 2.64 bits per heavy atom. The zero-order valence-electron chi connectivity index (χ0n) is 14.6. The van der Waals surface area contributed by atoms with Crippen LogP contribution in [-0.4, -0.2) is 29.4 Å². The smallest absolute Gasteiger partial charge is 0.341 e. The third-order valence-electron chi connectivity index (χ3n) is 5.18. The molecule has 132 valence electrons. The third-order valence-corrected chi connectivity index (χ3v) is 5.18. The molecule has 0 amide bonds. The molecule has 0 bridgehead atoms. The maximum absolute atomic E-state index is 12.4. The number of rotatable bonds is 3. The zero-order chi connectivity index (χ0) is 18.0. The molecule has 3 atom stereocenters. The highest BCUT2D eigenvalue weighted by Gasteiger charge is 2.58. The van der Waals surface area contributed by atoms with Gasteiger partial charge in [0, 0.05) is 23.4 Å². The number of carbonyl (C=O) groups is 1. The van der Waals surface area contributed by atoms with Crippen molar-refractivity contribution in [2.24, 2.45) is 0 Å². The molecule has 0 spiro atoms. The van der Waals surface area contributed by atoms with Gasteiger partial charge in [-0.1, -0.05) is 0 Å². The molecule has 6 nitrogen and oxygen atoms in total. The van der Waals surface area contributed by atoms with Gasteiger partial charge in [0.1, 0.15) is 23.0 Å². The highest BCUT2D eigenvalue weighted by Crippen LogP contribution is 2.41. The van der Waals surface area contributed by atoms with Gasteiger partial charge in [0.25, 0.3) is 0 Å². The predicted molar refractivity (Wildman–Crippen MR) is 89.7 cm³/mol. The van der Waals surface area contributed by atoms with Crippen LogP contribution in [0.1, 0.15) is 33.3 Å². The minimum Gasteiger partial charge on any atom is -0.485 e. The molecular weight excluding hydrogens is 324 g/mol. The van der Waals surface area contributed by atoms with Gasteiger partial charge in [-0.25, -0.2) is 9.59 Å². The fourth-order valence-electron chi connectivity index (χ4n) is 3.20. The second kappa shape index (κ2) is 5.08. The van der Waals surface area contributed by atoms with Crippen LogP contribution < -0.4 is 10.4 Å². The number of hydrogen-bond acceptors (Lipinski definition) is 6. The van der Waals surface area contributed by atoms with Crippen molar-refractivity contribution >= 4 is 16.9 Å². The van der Waals surface area contributed by atoms with Crippen LogP contribution in [0.4, 0.5) is 0 Å². The predicted octanol–water partition coefficient (Wildman–Crippen LogP) is 2.60. The summed E-state index contributed by atoms with van der Waals surface area (Å²) in [4.78, 5) is 23.9. The summed E-state index contributed by atoms with van der Waals surface area (Å²) < 4.78 is 22.4. The van der Waals surface area contributed by atoms with E-state index in [-0.39, 0.29) is 18.2 Å². The van der Waals surface area contributed by atoms with Crippen molar-refractivity contribution in [1.29, 1.82) is 0 Å². The Morgan fingerprint density at radius 1 is 1.28 bits per heavy atom. The molecule has 25 heavy (non-hydrogen) atoms. The third kappa shape index (κ3) is 2.52. The largest absolute Gasteiger partial charge is 0.485 e. The van der Waals surface area contributed by atoms with Crippen LogP contribution in [0.25, 0.3) is 11.0 Å². The zero-order valence-corrected chi connectivity index (χ0v) is 14.6. The number of esters is 1. The SMILES string of the molecule is CC1OC1(C)C(=O)OC(C)(C)C1Cc2c(ccc3ccc(=O)oc23)O1. The summed E-state index contributed by atoms with van der Waals surface area (Å²) >= 11 is 0. The van der Waals surface area contributed by atoms with Crippen molar-refractivity contribution in [3.63, 3.8) is 0 Å². The van der Waals surface area contributed by atoms with E-state index in [9.17, 15) is 9.59 Å². The van der Waals surface area contributed by atoms with Crippen LogP contribution in [0.5, 0.6) is 5.75 Å². The van der Waals surface area contributed by atoms with E-state index in [0.717, 1.165) is 10.9 Å². The first-order valence-electron chi connectivity index (χ1n) is 8.34. The van der Waals surface area contributed by atoms with Gasteiger partial charge in [-0.15, -0.1) is 0 Å². The van der Waals surface area contributed by atoms with Crippen LogP contribution >= 0.6 is 0 Å².